The zero-order chi connectivity index (χ0) is 10.1. The van der Waals surface area contributed by atoms with Crippen LogP contribution in [0.3, 0.4) is 0 Å². The molecule has 0 spiro atoms. The number of aryl methyl sites for hydroxylation is 2. The Balaban J connectivity index is 1.99. The van der Waals surface area contributed by atoms with E-state index in [0.29, 0.717) is 0 Å². The predicted octanol–water partition coefficient (Wildman–Crippen LogP) is 3.33. The van der Waals surface area contributed by atoms with Crippen LogP contribution in [0.5, 0.6) is 0 Å². The fourth-order valence-electron chi connectivity index (χ4n) is 2.00. The van der Waals surface area contributed by atoms with Gasteiger partial charge in [0.15, 0.2) is 5.01 Å². The highest BCUT2D eigenvalue weighted by Crippen LogP contribution is 2.31. The van der Waals surface area contributed by atoms with Crippen LogP contribution in [0.4, 0.5) is 0 Å². The lowest BCUT2D eigenvalue weighted by Gasteiger charge is -2.06. The fourth-order valence-corrected chi connectivity index (χ4v) is 3.16. The zero-order valence-electron chi connectivity index (χ0n) is 8.49. The molecule has 1 aromatic heterocycles. The van der Waals surface area contributed by atoms with Crippen molar-refractivity contribution in [3.63, 3.8) is 0 Å². The van der Waals surface area contributed by atoms with Crippen molar-refractivity contribution in [1.82, 2.24) is 4.98 Å². The minimum atomic E-state index is 1.17. The molecule has 1 aromatic rings. The number of allylic oxidation sites excluding steroid dienone is 6. The third kappa shape index (κ3) is 1.67. The van der Waals surface area contributed by atoms with Crippen molar-refractivity contribution in [1.29, 1.82) is 0 Å². The van der Waals surface area contributed by atoms with Gasteiger partial charge < -0.3 is 0 Å². The second kappa shape index (κ2) is 3.73. The van der Waals surface area contributed by atoms with Crippen LogP contribution in [-0.2, 0) is 12.8 Å². The van der Waals surface area contributed by atoms with E-state index in [9.17, 15) is 0 Å². The smallest absolute Gasteiger partial charge is 0.150 e. The first-order valence-corrected chi connectivity index (χ1v) is 6.20. The molecule has 2 aliphatic carbocycles. The molecule has 0 amide bonds. The Kier molecular flexibility index (Phi) is 2.24. The molecule has 1 heterocycles. The molecule has 0 atom stereocenters. The van der Waals surface area contributed by atoms with E-state index in [1.807, 2.05) is 23.5 Å². The number of rotatable bonds is 1. The van der Waals surface area contributed by atoms with Gasteiger partial charge in [-0.15, -0.1) is 11.3 Å². The minimum absolute atomic E-state index is 1.17. The molecule has 0 unspecified atom stereocenters. The number of hydrogen-bond donors (Lipinski definition) is 0. The molecule has 74 valence electrons. The Morgan fingerprint density at radius 3 is 3.00 bits per heavy atom. The van der Waals surface area contributed by atoms with Crippen LogP contribution in [0.1, 0.15) is 28.4 Å². The Bertz CT molecular complexity index is 439. The average molecular weight is 214 g/mol. The number of fused-ring (bicyclic) bond motifs is 1. The Morgan fingerprint density at radius 1 is 1.27 bits per heavy atom. The summed E-state index contributed by atoms with van der Waals surface area (Å²) in [5.41, 5.74) is 2.57. The highest BCUT2D eigenvalue weighted by Gasteiger charge is 2.18. The van der Waals surface area contributed by atoms with Gasteiger partial charge in [0.2, 0.25) is 0 Å². The van der Waals surface area contributed by atoms with Crippen molar-refractivity contribution < 1.29 is 0 Å². The van der Waals surface area contributed by atoms with Gasteiger partial charge in [0, 0.05) is 11.0 Å². The molecule has 0 saturated heterocycles. The summed E-state index contributed by atoms with van der Waals surface area (Å²) in [7, 11) is 0. The van der Waals surface area contributed by atoms with Gasteiger partial charge in [-0.2, -0.15) is 0 Å². The SMILES string of the molecule is [C+]1=CC=C(c2nc3c(s2)CCCC3)C=C1. The topological polar surface area (TPSA) is 12.9 Å². The first kappa shape index (κ1) is 9.02. The Hall–Kier alpha value is -1.24. The molecule has 3 rings (SSSR count). The van der Waals surface area contributed by atoms with Crippen LogP contribution in [0.2, 0.25) is 0 Å². The first-order valence-electron chi connectivity index (χ1n) is 5.38. The van der Waals surface area contributed by atoms with E-state index >= 15 is 0 Å². The van der Waals surface area contributed by atoms with Crippen LogP contribution < -0.4 is 0 Å². The summed E-state index contributed by atoms with van der Waals surface area (Å²) in [4.78, 5) is 6.23. The molecule has 0 aliphatic heterocycles. The molecule has 0 saturated carbocycles. The highest BCUT2D eigenvalue weighted by atomic mass is 32.1. The summed E-state index contributed by atoms with van der Waals surface area (Å²) in [6.45, 7) is 0. The van der Waals surface area contributed by atoms with Crippen LogP contribution in [-0.4, -0.2) is 4.98 Å². The van der Waals surface area contributed by atoms with Gasteiger partial charge in [-0.3, -0.25) is 0 Å². The molecule has 0 bridgehead atoms. The molecule has 0 aromatic carbocycles. The summed E-state index contributed by atoms with van der Waals surface area (Å²) in [6, 6.07) is 0. The summed E-state index contributed by atoms with van der Waals surface area (Å²) in [5.74, 6) is 0. The maximum atomic E-state index is 4.73. The largest absolute Gasteiger partial charge is 0.238 e. The van der Waals surface area contributed by atoms with Crippen molar-refractivity contribution in [2.75, 3.05) is 0 Å². The van der Waals surface area contributed by atoms with Gasteiger partial charge in [0.1, 0.15) is 17.7 Å². The maximum Gasteiger partial charge on any atom is 0.150 e. The van der Waals surface area contributed by atoms with E-state index in [2.05, 4.69) is 18.2 Å². The van der Waals surface area contributed by atoms with Crippen molar-refractivity contribution in [3.8, 4) is 0 Å². The van der Waals surface area contributed by atoms with Gasteiger partial charge in [-0.25, -0.2) is 4.98 Å². The summed E-state index contributed by atoms with van der Waals surface area (Å²) >= 11 is 1.86. The molecular weight excluding hydrogens is 202 g/mol. The normalized spacial score (nSPS) is 18.3. The lowest BCUT2D eigenvalue weighted by molar-refractivity contribution is 0.682. The summed E-state index contributed by atoms with van der Waals surface area (Å²) in [5, 5.41) is 1.18. The van der Waals surface area contributed by atoms with Crippen molar-refractivity contribution in [3.05, 3.63) is 46.0 Å². The fraction of sp³-hybridized carbons (Fsp3) is 0.308. The van der Waals surface area contributed by atoms with E-state index in [0.717, 1.165) is 0 Å². The predicted molar refractivity (Wildman–Crippen MR) is 63.7 cm³/mol. The van der Waals surface area contributed by atoms with Gasteiger partial charge in [0.05, 0.1) is 17.8 Å². The third-order valence-electron chi connectivity index (χ3n) is 2.81. The van der Waals surface area contributed by atoms with Crippen molar-refractivity contribution >= 4 is 16.9 Å². The number of thiazole rings is 1. The van der Waals surface area contributed by atoms with E-state index < -0.39 is 0 Å². The van der Waals surface area contributed by atoms with Crippen LogP contribution in [0.15, 0.2) is 24.3 Å². The maximum absolute atomic E-state index is 4.73. The van der Waals surface area contributed by atoms with Crippen LogP contribution >= 0.6 is 11.3 Å². The number of nitrogens with zero attached hydrogens (tertiary/aromatic N) is 1. The lowest BCUT2D eigenvalue weighted by Crippen LogP contribution is -1.99. The minimum Gasteiger partial charge on any atom is -0.238 e. The monoisotopic (exact) mass is 214 g/mol. The highest BCUT2D eigenvalue weighted by molar-refractivity contribution is 7.12. The molecule has 0 radical (unpaired) electrons. The van der Waals surface area contributed by atoms with Gasteiger partial charge >= 0.3 is 0 Å². The van der Waals surface area contributed by atoms with Crippen LogP contribution in [0, 0.1) is 6.08 Å². The first-order chi connectivity index (χ1) is 7.43. The van der Waals surface area contributed by atoms with Crippen molar-refractivity contribution in [2.45, 2.75) is 25.7 Å². The summed E-state index contributed by atoms with van der Waals surface area (Å²) < 4.78 is 0. The number of aromatic nitrogens is 1. The molecule has 15 heavy (non-hydrogen) atoms. The molecule has 0 fully saturated rings. The molecule has 2 aliphatic rings. The van der Waals surface area contributed by atoms with Crippen molar-refractivity contribution in [2.24, 2.45) is 0 Å². The second-order valence-corrected chi connectivity index (χ2v) is 4.97. The van der Waals surface area contributed by atoms with Crippen LogP contribution in [0.25, 0.3) is 5.57 Å². The average Bonchev–Trinajstić information content (AvgIpc) is 2.74. The zero-order valence-corrected chi connectivity index (χ0v) is 9.31. The van der Waals surface area contributed by atoms with E-state index in [-0.39, 0.29) is 0 Å². The molecule has 1 nitrogen and oxygen atoms in total. The second-order valence-electron chi connectivity index (χ2n) is 3.88. The summed E-state index contributed by atoms with van der Waals surface area (Å²) in [6.07, 6.45) is 16.2. The van der Waals surface area contributed by atoms with E-state index in [4.69, 9.17) is 4.98 Å². The van der Waals surface area contributed by atoms with Gasteiger partial charge in [0.25, 0.3) is 0 Å². The lowest BCUT2D eigenvalue weighted by atomic mass is 10.0. The van der Waals surface area contributed by atoms with E-state index in [1.165, 1.54) is 46.8 Å². The van der Waals surface area contributed by atoms with E-state index in [1.54, 1.807) is 0 Å². The quantitative estimate of drug-likeness (QED) is 0.653. The number of hydrogen-bond acceptors (Lipinski definition) is 2. The molecule has 0 N–H and O–H groups in total. The van der Waals surface area contributed by atoms with Gasteiger partial charge in [-0.1, -0.05) is 0 Å². The Morgan fingerprint density at radius 2 is 2.20 bits per heavy atom. The Labute approximate surface area is 93.9 Å². The standard InChI is InChI=1S/C13H12NS/c1-2-6-10(7-3-1)13-14-11-8-4-5-9-12(11)15-13/h2-3,6-7H,4-5,8-9H2/q+1. The third-order valence-corrected chi connectivity index (χ3v) is 4.02. The molecular formula is C13H12NS+. The van der Waals surface area contributed by atoms with Gasteiger partial charge in [-0.05, 0) is 25.7 Å². The molecule has 2 heteroatoms.